The Morgan fingerprint density at radius 3 is 2.76 bits per heavy atom. The third-order valence-corrected chi connectivity index (χ3v) is 7.89. The van der Waals surface area contributed by atoms with Crippen LogP contribution in [0.4, 0.5) is 4.79 Å². The lowest BCUT2D eigenvalue weighted by molar-refractivity contribution is -0.00471. The van der Waals surface area contributed by atoms with Gasteiger partial charge in [-0.1, -0.05) is 31.4 Å². The molecule has 0 spiro atoms. The van der Waals surface area contributed by atoms with Gasteiger partial charge in [-0.3, -0.25) is 9.58 Å². The number of carbonyl (C=O) groups is 1. The SMILES string of the molecule is COc1ccccc1-c1cc(C2CN3CCC2CC3COC(=O)NC2CCCCC2)n(C)n1. The Kier molecular flexibility index (Phi) is 6.58. The van der Waals surface area contributed by atoms with Gasteiger partial charge in [-0.15, -0.1) is 0 Å². The van der Waals surface area contributed by atoms with E-state index in [1.165, 1.54) is 31.4 Å². The largest absolute Gasteiger partial charge is 0.496 e. The van der Waals surface area contributed by atoms with Crippen LogP contribution in [-0.2, 0) is 11.8 Å². The van der Waals surface area contributed by atoms with Crippen molar-refractivity contribution in [2.75, 3.05) is 26.8 Å². The van der Waals surface area contributed by atoms with Crippen molar-refractivity contribution in [1.82, 2.24) is 20.0 Å². The number of rotatable bonds is 6. The molecule has 1 N–H and O–H groups in total. The molecular weight excluding hydrogens is 416 g/mol. The highest BCUT2D eigenvalue weighted by molar-refractivity contribution is 5.68. The average molecular weight is 453 g/mol. The van der Waals surface area contributed by atoms with Gasteiger partial charge >= 0.3 is 6.09 Å². The summed E-state index contributed by atoms with van der Waals surface area (Å²) in [4.78, 5) is 14.8. The summed E-state index contributed by atoms with van der Waals surface area (Å²) in [6.07, 6.45) is 7.86. The second-order valence-electron chi connectivity index (χ2n) is 9.90. The van der Waals surface area contributed by atoms with E-state index in [4.69, 9.17) is 14.6 Å². The minimum Gasteiger partial charge on any atom is -0.496 e. The molecule has 1 amide bonds. The van der Waals surface area contributed by atoms with Crippen molar-refractivity contribution < 1.29 is 14.3 Å². The van der Waals surface area contributed by atoms with Crippen molar-refractivity contribution in [3.8, 4) is 17.0 Å². The van der Waals surface area contributed by atoms with E-state index < -0.39 is 0 Å². The molecule has 3 aliphatic heterocycles. The third kappa shape index (κ3) is 4.74. The molecule has 4 fully saturated rings. The van der Waals surface area contributed by atoms with E-state index in [2.05, 4.69) is 22.3 Å². The molecule has 2 aromatic rings. The zero-order chi connectivity index (χ0) is 22.8. The van der Waals surface area contributed by atoms with Crippen LogP contribution < -0.4 is 10.1 Å². The van der Waals surface area contributed by atoms with Crippen molar-refractivity contribution in [1.29, 1.82) is 0 Å². The molecule has 7 heteroatoms. The molecule has 2 bridgehead atoms. The highest BCUT2D eigenvalue weighted by Gasteiger charge is 2.42. The molecule has 1 aromatic heterocycles. The summed E-state index contributed by atoms with van der Waals surface area (Å²) in [5, 5.41) is 7.89. The minimum atomic E-state index is -0.241. The van der Waals surface area contributed by atoms with Crippen LogP contribution in [0.5, 0.6) is 5.75 Å². The van der Waals surface area contributed by atoms with Gasteiger partial charge in [0.25, 0.3) is 0 Å². The molecule has 4 aliphatic rings. The Morgan fingerprint density at radius 1 is 1.18 bits per heavy atom. The number of amides is 1. The predicted octanol–water partition coefficient (Wildman–Crippen LogP) is 4.33. The van der Waals surface area contributed by atoms with E-state index in [0.717, 1.165) is 49.4 Å². The summed E-state index contributed by atoms with van der Waals surface area (Å²) in [5.74, 6) is 1.89. The molecule has 178 valence electrons. The quantitative estimate of drug-likeness (QED) is 0.706. The van der Waals surface area contributed by atoms with Crippen molar-refractivity contribution in [3.63, 3.8) is 0 Å². The third-order valence-electron chi connectivity index (χ3n) is 7.89. The zero-order valence-corrected chi connectivity index (χ0v) is 19.8. The number of fused-ring (bicyclic) bond motifs is 3. The van der Waals surface area contributed by atoms with Crippen LogP contribution in [0.1, 0.15) is 56.6 Å². The van der Waals surface area contributed by atoms with Crippen LogP contribution in [0.15, 0.2) is 30.3 Å². The zero-order valence-electron chi connectivity index (χ0n) is 19.8. The number of benzene rings is 1. The second-order valence-corrected chi connectivity index (χ2v) is 9.90. The summed E-state index contributed by atoms with van der Waals surface area (Å²) < 4.78 is 13.3. The standard InChI is InChI=1S/C26H36N4O3/c1-29-24(15-23(28-29)21-10-6-7-11-25(21)32-2)22-16-30-13-12-18(22)14-20(30)17-33-26(31)27-19-8-4-3-5-9-19/h6-7,10-11,15,18-20,22H,3-5,8-9,12-14,16-17H2,1-2H3,(H,27,31). The number of alkyl carbamates (subject to hydrolysis) is 1. The first-order chi connectivity index (χ1) is 16.1. The number of methoxy groups -OCH3 is 1. The molecule has 1 aromatic carbocycles. The van der Waals surface area contributed by atoms with Gasteiger partial charge in [0, 0.05) is 42.9 Å². The molecule has 4 unspecified atom stereocenters. The van der Waals surface area contributed by atoms with E-state index in [0.29, 0.717) is 30.5 Å². The topological polar surface area (TPSA) is 68.6 Å². The first-order valence-electron chi connectivity index (χ1n) is 12.5. The number of piperidine rings is 3. The summed E-state index contributed by atoms with van der Waals surface area (Å²) in [5.41, 5.74) is 3.26. The van der Waals surface area contributed by atoms with Crippen molar-refractivity contribution in [2.24, 2.45) is 13.0 Å². The van der Waals surface area contributed by atoms with Crippen LogP contribution in [0, 0.1) is 5.92 Å². The Bertz CT molecular complexity index is 968. The lowest BCUT2D eigenvalue weighted by Crippen LogP contribution is -2.54. The number of carbonyl (C=O) groups excluding carboxylic acids is 1. The van der Waals surface area contributed by atoms with Gasteiger partial charge in [-0.2, -0.15) is 5.10 Å². The fraction of sp³-hybridized carbons (Fsp3) is 0.615. The fourth-order valence-corrected chi connectivity index (χ4v) is 6.09. The van der Waals surface area contributed by atoms with E-state index in [1.807, 2.05) is 29.9 Å². The van der Waals surface area contributed by atoms with Gasteiger partial charge in [0.05, 0.1) is 12.8 Å². The van der Waals surface area contributed by atoms with Gasteiger partial charge in [0.1, 0.15) is 12.4 Å². The Hall–Kier alpha value is -2.54. The second kappa shape index (κ2) is 9.75. The van der Waals surface area contributed by atoms with E-state index in [1.54, 1.807) is 7.11 Å². The minimum absolute atomic E-state index is 0.241. The van der Waals surface area contributed by atoms with E-state index in [9.17, 15) is 4.79 Å². The highest BCUT2D eigenvalue weighted by atomic mass is 16.5. The van der Waals surface area contributed by atoms with Crippen LogP contribution >= 0.6 is 0 Å². The maximum atomic E-state index is 12.3. The van der Waals surface area contributed by atoms with Crippen LogP contribution in [0.2, 0.25) is 0 Å². The molecule has 3 saturated heterocycles. The highest BCUT2D eigenvalue weighted by Crippen LogP contribution is 2.43. The number of nitrogens with zero attached hydrogens (tertiary/aromatic N) is 3. The van der Waals surface area contributed by atoms with Gasteiger partial charge in [0.15, 0.2) is 0 Å². The maximum Gasteiger partial charge on any atom is 0.407 e. The molecule has 33 heavy (non-hydrogen) atoms. The van der Waals surface area contributed by atoms with E-state index in [-0.39, 0.29) is 6.09 Å². The molecule has 7 nitrogen and oxygen atoms in total. The van der Waals surface area contributed by atoms with Gasteiger partial charge in [-0.05, 0) is 56.3 Å². The molecule has 1 saturated carbocycles. The van der Waals surface area contributed by atoms with Crippen molar-refractivity contribution in [2.45, 2.75) is 62.9 Å². The Balaban J connectivity index is 1.21. The summed E-state index contributed by atoms with van der Waals surface area (Å²) in [6.45, 7) is 2.56. The molecule has 4 heterocycles. The first-order valence-corrected chi connectivity index (χ1v) is 12.5. The maximum absolute atomic E-state index is 12.3. The Labute approximate surface area is 196 Å². The predicted molar refractivity (Wildman–Crippen MR) is 127 cm³/mol. The van der Waals surface area contributed by atoms with Crippen LogP contribution in [-0.4, -0.2) is 59.7 Å². The number of nitrogens with one attached hydrogen (secondary N) is 1. The van der Waals surface area contributed by atoms with Gasteiger partial charge in [-0.25, -0.2) is 4.79 Å². The number of hydrogen-bond donors (Lipinski definition) is 1. The molecular formula is C26H36N4O3. The smallest absolute Gasteiger partial charge is 0.407 e. The van der Waals surface area contributed by atoms with Crippen molar-refractivity contribution >= 4 is 6.09 Å². The normalized spacial score (nSPS) is 27.3. The number of hydrogen-bond acceptors (Lipinski definition) is 5. The first kappa shape index (κ1) is 22.3. The summed E-state index contributed by atoms with van der Waals surface area (Å²) in [6, 6.07) is 10.9. The number of aryl methyl sites for hydroxylation is 1. The van der Waals surface area contributed by atoms with Crippen LogP contribution in [0.25, 0.3) is 11.3 Å². The molecule has 4 atom stereocenters. The number of para-hydroxylation sites is 1. The number of aromatic nitrogens is 2. The average Bonchev–Trinajstić information content (AvgIpc) is 3.25. The fourth-order valence-electron chi connectivity index (χ4n) is 6.09. The molecule has 6 rings (SSSR count). The van der Waals surface area contributed by atoms with Gasteiger partial charge < -0.3 is 14.8 Å². The lowest BCUT2D eigenvalue weighted by atomic mass is 9.74. The van der Waals surface area contributed by atoms with Crippen LogP contribution in [0.3, 0.4) is 0 Å². The molecule has 0 radical (unpaired) electrons. The van der Waals surface area contributed by atoms with E-state index >= 15 is 0 Å². The lowest BCUT2D eigenvalue weighted by Gasteiger charge is -2.49. The number of ether oxygens (including phenoxy) is 2. The molecule has 1 aliphatic carbocycles. The summed E-state index contributed by atoms with van der Waals surface area (Å²) >= 11 is 0. The summed E-state index contributed by atoms with van der Waals surface area (Å²) in [7, 11) is 3.75. The van der Waals surface area contributed by atoms with Crippen molar-refractivity contribution in [3.05, 3.63) is 36.0 Å². The van der Waals surface area contributed by atoms with Gasteiger partial charge in [0.2, 0.25) is 0 Å². The Morgan fingerprint density at radius 2 is 2.00 bits per heavy atom. The monoisotopic (exact) mass is 452 g/mol.